The lowest BCUT2D eigenvalue weighted by Gasteiger charge is -2.14. The number of esters is 2. The van der Waals surface area contributed by atoms with E-state index in [0.717, 1.165) is 4.90 Å². The second-order valence-electron chi connectivity index (χ2n) is 6.95. The van der Waals surface area contributed by atoms with E-state index in [9.17, 15) is 19.2 Å². The molecule has 0 aliphatic carbocycles. The summed E-state index contributed by atoms with van der Waals surface area (Å²) in [6, 6.07) is 9.66. The summed E-state index contributed by atoms with van der Waals surface area (Å²) in [6.07, 6.45) is 1.50. The van der Waals surface area contributed by atoms with Crippen LogP contribution in [-0.4, -0.2) is 54.9 Å². The van der Waals surface area contributed by atoms with E-state index in [1.165, 1.54) is 13.2 Å². The van der Waals surface area contributed by atoms with Crippen LogP contribution in [0.25, 0.3) is 6.08 Å². The average molecular weight is 564 g/mol. The van der Waals surface area contributed by atoms with Crippen molar-refractivity contribution >= 4 is 56.9 Å². The molecular weight excluding hydrogens is 542 g/mol. The molecule has 0 aromatic heterocycles. The number of carbonyl (C=O) groups is 4. The third-order valence-electron chi connectivity index (χ3n) is 4.62. The predicted molar refractivity (Wildman–Crippen MR) is 133 cm³/mol. The van der Waals surface area contributed by atoms with Crippen LogP contribution in [0.4, 0.5) is 4.79 Å². The number of hydrogen-bond donors (Lipinski definition) is 0. The van der Waals surface area contributed by atoms with Crippen molar-refractivity contribution < 1.29 is 38.1 Å². The van der Waals surface area contributed by atoms with Gasteiger partial charge in [0.1, 0.15) is 12.3 Å². The van der Waals surface area contributed by atoms with Crippen LogP contribution in [0.15, 0.2) is 45.8 Å². The van der Waals surface area contributed by atoms with Gasteiger partial charge < -0.3 is 18.9 Å². The van der Waals surface area contributed by atoms with Gasteiger partial charge in [0.05, 0.1) is 35.3 Å². The van der Waals surface area contributed by atoms with Crippen LogP contribution >= 0.6 is 27.7 Å². The van der Waals surface area contributed by atoms with Crippen molar-refractivity contribution in [1.29, 1.82) is 0 Å². The number of hydrogen-bond acceptors (Lipinski definition) is 9. The lowest BCUT2D eigenvalue weighted by molar-refractivity contribution is -0.145. The van der Waals surface area contributed by atoms with Crippen LogP contribution in [0.3, 0.4) is 0 Å². The molecule has 35 heavy (non-hydrogen) atoms. The summed E-state index contributed by atoms with van der Waals surface area (Å²) in [4.78, 5) is 50.2. The minimum absolute atomic E-state index is 0.136. The number of amides is 2. The average Bonchev–Trinajstić information content (AvgIpc) is 3.08. The maximum atomic E-state index is 12.7. The fraction of sp³-hybridized carbons (Fsp3) is 0.250. The Bertz CT molecular complexity index is 1180. The molecule has 3 rings (SSSR count). The molecule has 2 amide bonds. The van der Waals surface area contributed by atoms with Crippen molar-refractivity contribution in [2.75, 3.05) is 26.9 Å². The normalized spacial score (nSPS) is 14.3. The molecule has 0 unspecified atom stereocenters. The van der Waals surface area contributed by atoms with E-state index >= 15 is 0 Å². The number of rotatable bonds is 9. The van der Waals surface area contributed by atoms with Gasteiger partial charge in [-0.15, -0.1) is 0 Å². The first kappa shape index (κ1) is 26.3. The molecule has 0 atom stereocenters. The Kier molecular flexibility index (Phi) is 8.94. The number of methoxy groups -OCH3 is 1. The lowest BCUT2D eigenvalue weighted by atomic mass is 10.1. The molecule has 1 aliphatic rings. The molecule has 1 fully saturated rings. The fourth-order valence-electron chi connectivity index (χ4n) is 3.04. The first-order valence-corrected chi connectivity index (χ1v) is 12.1. The van der Waals surface area contributed by atoms with E-state index < -0.39 is 29.6 Å². The van der Waals surface area contributed by atoms with Crippen LogP contribution in [-0.2, 0) is 14.3 Å². The van der Waals surface area contributed by atoms with E-state index in [1.807, 2.05) is 0 Å². The van der Waals surface area contributed by atoms with Crippen molar-refractivity contribution in [2.24, 2.45) is 0 Å². The van der Waals surface area contributed by atoms with Gasteiger partial charge in [-0.2, -0.15) is 0 Å². The molecule has 0 bridgehead atoms. The Balaban J connectivity index is 1.85. The highest BCUT2D eigenvalue weighted by Gasteiger charge is 2.36. The minimum Gasteiger partial charge on any atom is -0.497 e. The molecule has 0 radical (unpaired) electrons. The molecular formula is C24H22BrNO8S. The van der Waals surface area contributed by atoms with Gasteiger partial charge in [-0.05, 0) is 89.6 Å². The molecule has 2 aromatic rings. The highest BCUT2D eigenvalue weighted by atomic mass is 79.9. The number of ether oxygens (including phenoxy) is 4. The SMILES string of the molecule is CCOC(=O)CN1C(=O)S/C(=C\c2cc(Br)c(OC(=O)c3ccc(OC)cc3)c(OCC)c2)C1=O. The van der Waals surface area contributed by atoms with Crippen LogP contribution < -0.4 is 14.2 Å². The van der Waals surface area contributed by atoms with Crippen molar-refractivity contribution in [3.63, 3.8) is 0 Å². The summed E-state index contributed by atoms with van der Waals surface area (Å²) in [5.74, 6) is -0.825. The third kappa shape index (κ3) is 6.43. The molecule has 2 aromatic carbocycles. The van der Waals surface area contributed by atoms with Gasteiger partial charge in [-0.25, -0.2) is 4.79 Å². The first-order chi connectivity index (χ1) is 16.8. The molecule has 0 spiro atoms. The van der Waals surface area contributed by atoms with Gasteiger partial charge in [0.2, 0.25) is 0 Å². The van der Waals surface area contributed by atoms with Crippen LogP contribution in [0.5, 0.6) is 17.2 Å². The van der Waals surface area contributed by atoms with Gasteiger partial charge in [0.25, 0.3) is 11.1 Å². The fourth-order valence-corrected chi connectivity index (χ4v) is 4.41. The molecule has 184 valence electrons. The number of carbonyl (C=O) groups excluding carboxylic acids is 4. The molecule has 11 heteroatoms. The second-order valence-corrected chi connectivity index (χ2v) is 8.80. The Labute approximate surface area is 214 Å². The van der Waals surface area contributed by atoms with Gasteiger partial charge in [0, 0.05) is 0 Å². The summed E-state index contributed by atoms with van der Waals surface area (Å²) in [6.45, 7) is 3.39. The van der Waals surface area contributed by atoms with E-state index in [4.69, 9.17) is 18.9 Å². The Morgan fingerprint density at radius 3 is 2.43 bits per heavy atom. The summed E-state index contributed by atoms with van der Waals surface area (Å²) in [5, 5.41) is -0.566. The van der Waals surface area contributed by atoms with Gasteiger partial charge in [-0.3, -0.25) is 19.3 Å². The second kappa shape index (κ2) is 11.9. The van der Waals surface area contributed by atoms with Crippen molar-refractivity contribution in [2.45, 2.75) is 13.8 Å². The number of benzene rings is 2. The molecule has 9 nitrogen and oxygen atoms in total. The maximum absolute atomic E-state index is 12.7. The Morgan fingerprint density at radius 1 is 1.09 bits per heavy atom. The zero-order chi connectivity index (χ0) is 25.5. The molecule has 1 aliphatic heterocycles. The first-order valence-electron chi connectivity index (χ1n) is 10.5. The molecule has 1 saturated heterocycles. The van der Waals surface area contributed by atoms with Gasteiger partial charge >= 0.3 is 11.9 Å². The highest BCUT2D eigenvalue weighted by molar-refractivity contribution is 9.10. The zero-order valence-corrected chi connectivity index (χ0v) is 21.6. The minimum atomic E-state index is -0.666. The number of imide groups is 1. The monoisotopic (exact) mass is 563 g/mol. The zero-order valence-electron chi connectivity index (χ0n) is 19.2. The summed E-state index contributed by atoms with van der Waals surface area (Å²) in [5.41, 5.74) is 0.839. The largest absolute Gasteiger partial charge is 0.497 e. The van der Waals surface area contributed by atoms with Gasteiger partial charge in [0.15, 0.2) is 11.5 Å². The maximum Gasteiger partial charge on any atom is 0.343 e. The smallest absolute Gasteiger partial charge is 0.343 e. The van der Waals surface area contributed by atoms with Crippen LogP contribution in [0, 0.1) is 0 Å². The third-order valence-corrected chi connectivity index (χ3v) is 6.11. The van der Waals surface area contributed by atoms with E-state index in [-0.39, 0.29) is 23.0 Å². The summed E-state index contributed by atoms with van der Waals surface area (Å²) < 4.78 is 21.6. The molecule has 0 saturated carbocycles. The number of thioether (sulfide) groups is 1. The number of halogens is 1. The van der Waals surface area contributed by atoms with Crippen LogP contribution in [0.1, 0.15) is 29.8 Å². The summed E-state index contributed by atoms with van der Waals surface area (Å²) >= 11 is 4.11. The summed E-state index contributed by atoms with van der Waals surface area (Å²) in [7, 11) is 1.53. The molecule has 0 N–H and O–H groups in total. The van der Waals surface area contributed by atoms with E-state index in [0.29, 0.717) is 39.7 Å². The van der Waals surface area contributed by atoms with Crippen molar-refractivity contribution in [1.82, 2.24) is 4.90 Å². The van der Waals surface area contributed by atoms with Crippen molar-refractivity contribution in [3.05, 3.63) is 56.9 Å². The quantitative estimate of drug-likeness (QED) is 0.244. The van der Waals surface area contributed by atoms with E-state index in [2.05, 4.69) is 15.9 Å². The lowest BCUT2D eigenvalue weighted by Crippen LogP contribution is -2.34. The van der Waals surface area contributed by atoms with Crippen molar-refractivity contribution in [3.8, 4) is 17.2 Å². The Morgan fingerprint density at radius 2 is 1.80 bits per heavy atom. The van der Waals surface area contributed by atoms with E-state index in [1.54, 1.807) is 50.2 Å². The topological polar surface area (TPSA) is 108 Å². The Hall–Kier alpha value is -3.31. The number of nitrogens with zero attached hydrogens (tertiary/aromatic N) is 1. The standard InChI is InChI=1S/C24H22BrNO8S/c1-4-32-18-11-14(12-19-22(28)26(24(30)35-19)13-20(27)33-5-2)10-17(25)21(18)34-23(29)15-6-8-16(31-3)9-7-15/h6-12H,4-5,13H2,1-3H3/b19-12-. The van der Waals surface area contributed by atoms with Gasteiger partial charge in [-0.1, -0.05) is 0 Å². The molecule has 1 heterocycles. The predicted octanol–water partition coefficient (Wildman–Crippen LogP) is 4.68. The van der Waals surface area contributed by atoms with Crippen LogP contribution in [0.2, 0.25) is 0 Å². The highest BCUT2D eigenvalue weighted by Crippen LogP contribution is 2.39.